The Bertz CT molecular complexity index is 375. The van der Waals surface area contributed by atoms with E-state index in [1.54, 1.807) is 6.20 Å². The largest absolute Gasteiger partial charge is 0.370 e. The van der Waals surface area contributed by atoms with Crippen molar-refractivity contribution in [2.75, 3.05) is 6.54 Å². The molecule has 1 heterocycles. The quantitative estimate of drug-likeness (QED) is 0.286. The first-order valence-corrected chi connectivity index (χ1v) is 7.60. The van der Waals surface area contributed by atoms with Crippen LogP contribution in [-0.2, 0) is 6.54 Å². The Morgan fingerprint density at radius 1 is 1.29 bits per heavy atom. The van der Waals surface area contributed by atoms with Crippen LogP contribution in [0.2, 0.25) is 0 Å². The van der Waals surface area contributed by atoms with Gasteiger partial charge in [-0.2, -0.15) is 0 Å². The predicted molar refractivity (Wildman–Crippen MR) is 100 cm³/mol. The Labute approximate surface area is 145 Å². The number of nitrogens with two attached hydrogens (primary N) is 1. The van der Waals surface area contributed by atoms with E-state index in [0.29, 0.717) is 12.0 Å². The van der Waals surface area contributed by atoms with Crippen LogP contribution in [0.5, 0.6) is 0 Å². The molecule has 0 saturated carbocycles. The summed E-state index contributed by atoms with van der Waals surface area (Å²) in [5.74, 6) is 1.34. The molecule has 0 amide bonds. The van der Waals surface area contributed by atoms with Crippen molar-refractivity contribution in [3.8, 4) is 0 Å². The van der Waals surface area contributed by atoms with Crippen molar-refractivity contribution < 1.29 is 0 Å². The summed E-state index contributed by atoms with van der Waals surface area (Å²) < 4.78 is 2.05. The third-order valence-electron chi connectivity index (χ3n) is 3.23. The summed E-state index contributed by atoms with van der Waals surface area (Å²) in [7, 11) is 0. The van der Waals surface area contributed by atoms with E-state index in [0.717, 1.165) is 31.8 Å². The summed E-state index contributed by atoms with van der Waals surface area (Å²) in [6.45, 7) is 8.35. The molecule has 6 heteroatoms. The highest BCUT2D eigenvalue weighted by Crippen LogP contribution is 2.07. The number of aryl methyl sites for hydroxylation is 1. The fraction of sp³-hybridized carbons (Fsp3) is 0.733. The van der Waals surface area contributed by atoms with Crippen LogP contribution in [0.3, 0.4) is 0 Å². The molecule has 0 saturated heterocycles. The summed E-state index contributed by atoms with van der Waals surface area (Å²) >= 11 is 0. The molecule has 122 valence electrons. The lowest BCUT2D eigenvalue weighted by Crippen LogP contribution is -2.38. The Hall–Kier alpha value is -0.790. The molecule has 1 unspecified atom stereocenters. The third-order valence-corrected chi connectivity index (χ3v) is 3.23. The molecule has 1 atom stereocenters. The van der Waals surface area contributed by atoms with Crippen molar-refractivity contribution in [3.63, 3.8) is 0 Å². The summed E-state index contributed by atoms with van der Waals surface area (Å²) in [4.78, 5) is 8.36. The van der Waals surface area contributed by atoms with Crippen LogP contribution in [0.25, 0.3) is 0 Å². The molecule has 21 heavy (non-hydrogen) atoms. The molecule has 1 aromatic rings. The lowest BCUT2D eigenvalue weighted by molar-refractivity contribution is 0.493. The zero-order chi connectivity index (χ0) is 14.8. The van der Waals surface area contributed by atoms with Gasteiger partial charge in [0.2, 0.25) is 0 Å². The summed E-state index contributed by atoms with van der Waals surface area (Å²) in [5.41, 5.74) is 5.89. The highest BCUT2D eigenvalue weighted by Gasteiger charge is 2.03. The van der Waals surface area contributed by atoms with E-state index in [1.165, 1.54) is 12.8 Å². The van der Waals surface area contributed by atoms with Crippen LogP contribution in [0.4, 0.5) is 0 Å². The van der Waals surface area contributed by atoms with Crippen molar-refractivity contribution in [1.29, 1.82) is 0 Å². The molecule has 0 spiro atoms. The van der Waals surface area contributed by atoms with Gasteiger partial charge in [-0.25, -0.2) is 4.98 Å². The lowest BCUT2D eigenvalue weighted by Gasteiger charge is -2.15. The van der Waals surface area contributed by atoms with Gasteiger partial charge in [-0.3, -0.25) is 4.99 Å². The average Bonchev–Trinajstić information content (AvgIpc) is 2.87. The smallest absolute Gasteiger partial charge is 0.188 e. The third kappa shape index (κ3) is 10.6. The van der Waals surface area contributed by atoms with Crippen molar-refractivity contribution in [1.82, 2.24) is 14.9 Å². The maximum atomic E-state index is 5.89. The van der Waals surface area contributed by atoms with Crippen LogP contribution in [0, 0.1) is 5.92 Å². The van der Waals surface area contributed by atoms with Gasteiger partial charge < -0.3 is 15.6 Å². The molecular weight excluding hydrogens is 377 g/mol. The maximum absolute atomic E-state index is 5.89. The van der Waals surface area contributed by atoms with Crippen LogP contribution in [0.1, 0.15) is 46.5 Å². The second-order valence-corrected chi connectivity index (χ2v) is 5.79. The highest BCUT2D eigenvalue weighted by molar-refractivity contribution is 14.0. The van der Waals surface area contributed by atoms with E-state index in [-0.39, 0.29) is 24.0 Å². The number of hydrogen-bond donors (Lipinski definition) is 2. The minimum absolute atomic E-state index is 0. The first kappa shape index (κ1) is 20.2. The van der Waals surface area contributed by atoms with Crippen LogP contribution in [0.15, 0.2) is 23.7 Å². The average molecular weight is 407 g/mol. The Balaban J connectivity index is 0.00000400. The number of nitrogens with zero attached hydrogens (tertiary/aromatic N) is 3. The summed E-state index contributed by atoms with van der Waals surface area (Å²) in [6.07, 6.45) is 10.2. The van der Waals surface area contributed by atoms with Crippen molar-refractivity contribution >= 4 is 29.9 Å². The van der Waals surface area contributed by atoms with Crippen molar-refractivity contribution in [2.45, 2.75) is 59.0 Å². The summed E-state index contributed by atoms with van der Waals surface area (Å²) in [6, 6.07) is 0.395. The van der Waals surface area contributed by atoms with Gasteiger partial charge >= 0.3 is 0 Å². The molecule has 1 aromatic heterocycles. The van der Waals surface area contributed by atoms with E-state index >= 15 is 0 Å². The summed E-state index contributed by atoms with van der Waals surface area (Å²) in [5, 5.41) is 3.26. The Kier molecular flexibility index (Phi) is 11.4. The fourth-order valence-corrected chi connectivity index (χ4v) is 2.07. The first-order chi connectivity index (χ1) is 9.58. The second kappa shape index (κ2) is 11.8. The maximum Gasteiger partial charge on any atom is 0.188 e. The van der Waals surface area contributed by atoms with E-state index in [1.807, 2.05) is 17.1 Å². The minimum Gasteiger partial charge on any atom is -0.370 e. The number of guanidine groups is 1. The van der Waals surface area contributed by atoms with Gasteiger partial charge in [0.1, 0.15) is 0 Å². The molecule has 0 aliphatic carbocycles. The van der Waals surface area contributed by atoms with Gasteiger partial charge in [-0.05, 0) is 25.7 Å². The van der Waals surface area contributed by atoms with E-state index in [9.17, 15) is 0 Å². The van der Waals surface area contributed by atoms with E-state index in [2.05, 4.69) is 36.1 Å². The van der Waals surface area contributed by atoms with Gasteiger partial charge in [0.05, 0.1) is 6.33 Å². The lowest BCUT2D eigenvalue weighted by atomic mass is 10.0. The second-order valence-electron chi connectivity index (χ2n) is 5.79. The van der Waals surface area contributed by atoms with Crippen LogP contribution in [-0.4, -0.2) is 28.1 Å². The van der Waals surface area contributed by atoms with E-state index < -0.39 is 0 Å². The van der Waals surface area contributed by atoms with Crippen molar-refractivity contribution in [2.24, 2.45) is 16.6 Å². The highest BCUT2D eigenvalue weighted by atomic mass is 127. The molecule has 0 aliphatic rings. The number of aromatic nitrogens is 2. The monoisotopic (exact) mass is 407 g/mol. The normalized spacial score (nSPS) is 13.0. The molecule has 0 bridgehead atoms. The van der Waals surface area contributed by atoms with Gasteiger partial charge in [-0.1, -0.05) is 26.7 Å². The van der Waals surface area contributed by atoms with Gasteiger partial charge in [0.25, 0.3) is 0 Å². The standard InChI is InChI=1S/C15H29N5.HI/c1-13(2)6-4-7-14(3)19-15(16)18-8-5-10-20-11-9-17-12-20;/h9,11-14H,4-8,10H2,1-3H3,(H3,16,18,19);1H. The number of hydrogen-bond acceptors (Lipinski definition) is 2. The number of rotatable bonds is 9. The fourth-order valence-electron chi connectivity index (χ4n) is 2.07. The number of nitrogens with one attached hydrogen (secondary N) is 1. The molecule has 0 aromatic carbocycles. The molecule has 0 fully saturated rings. The molecule has 3 N–H and O–H groups in total. The molecule has 5 nitrogen and oxygen atoms in total. The van der Waals surface area contributed by atoms with Gasteiger partial charge in [0, 0.05) is 31.5 Å². The zero-order valence-electron chi connectivity index (χ0n) is 13.5. The molecule has 1 rings (SSSR count). The minimum atomic E-state index is 0. The van der Waals surface area contributed by atoms with Crippen LogP contribution < -0.4 is 11.1 Å². The Morgan fingerprint density at radius 3 is 2.67 bits per heavy atom. The first-order valence-electron chi connectivity index (χ1n) is 7.60. The van der Waals surface area contributed by atoms with Crippen LogP contribution >= 0.6 is 24.0 Å². The molecule has 0 aliphatic heterocycles. The van der Waals surface area contributed by atoms with E-state index in [4.69, 9.17) is 5.73 Å². The van der Waals surface area contributed by atoms with Gasteiger partial charge in [-0.15, -0.1) is 24.0 Å². The number of aliphatic imine (C=N–C) groups is 1. The zero-order valence-corrected chi connectivity index (χ0v) is 15.8. The van der Waals surface area contributed by atoms with Gasteiger partial charge in [0.15, 0.2) is 5.96 Å². The number of imidazole rings is 1. The Morgan fingerprint density at radius 2 is 2.05 bits per heavy atom. The SMILES string of the molecule is CC(C)CCCC(C)NC(N)=NCCCn1ccnc1.I. The van der Waals surface area contributed by atoms with Crippen molar-refractivity contribution in [3.05, 3.63) is 18.7 Å². The molecular formula is C15H30IN5. The topological polar surface area (TPSA) is 68.2 Å². The predicted octanol–water partition coefficient (Wildman–Crippen LogP) is 3.01. The molecule has 0 radical (unpaired) electrons. The number of halogens is 1.